The average Bonchev–Trinajstić information content (AvgIpc) is 3.13. The Balaban J connectivity index is 1.63. The lowest BCUT2D eigenvalue weighted by atomic mass is 9.95. The minimum Gasteiger partial charge on any atom is -0.347 e. The molecule has 1 heterocycles. The zero-order chi connectivity index (χ0) is 20.4. The van der Waals surface area contributed by atoms with E-state index in [1.165, 1.54) is 6.07 Å². The first-order valence-electron chi connectivity index (χ1n) is 9.03. The summed E-state index contributed by atoms with van der Waals surface area (Å²) in [6.07, 6.45) is 0. The van der Waals surface area contributed by atoms with Gasteiger partial charge in [0, 0.05) is 17.2 Å². The predicted molar refractivity (Wildman–Crippen MR) is 108 cm³/mol. The summed E-state index contributed by atoms with van der Waals surface area (Å²) in [7, 11) is 0. The molecule has 148 valence electrons. The highest BCUT2D eigenvalue weighted by Gasteiger charge is 2.33. The number of halogens is 4. The SMILES string of the molecule is Fc1ccc(CN=C2N[C@H](c3cccc([ClH+])c3)[C@H](c3cccc(Cl)c3)N2)cc1F. The Bertz CT molecular complexity index is 1020. The van der Waals surface area contributed by atoms with Crippen molar-refractivity contribution in [1.29, 1.82) is 0 Å². The van der Waals surface area contributed by atoms with Crippen LogP contribution in [-0.2, 0) is 6.54 Å². The third-order valence-corrected chi connectivity index (χ3v) is 5.24. The van der Waals surface area contributed by atoms with Crippen molar-refractivity contribution in [2.45, 2.75) is 18.6 Å². The summed E-state index contributed by atoms with van der Waals surface area (Å²) in [5, 5.41) is 8.15. The van der Waals surface area contributed by atoms with Crippen molar-refractivity contribution in [1.82, 2.24) is 10.6 Å². The topological polar surface area (TPSA) is 36.4 Å². The Morgan fingerprint density at radius 2 is 1.55 bits per heavy atom. The van der Waals surface area contributed by atoms with Crippen molar-refractivity contribution in [3.05, 3.63) is 105 Å². The van der Waals surface area contributed by atoms with Crippen LogP contribution in [0.15, 0.2) is 71.7 Å². The number of benzene rings is 3. The van der Waals surface area contributed by atoms with Crippen LogP contribution in [-0.4, -0.2) is 5.96 Å². The maximum absolute atomic E-state index is 13.4. The van der Waals surface area contributed by atoms with Crippen molar-refractivity contribution in [2.24, 2.45) is 4.99 Å². The van der Waals surface area contributed by atoms with Gasteiger partial charge >= 0.3 is 0 Å². The van der Waals surface area contributed by atoms with Crippen molar-refractivity contribution >= 4 is 17.6 Å². The number of guanidine groups is 1. The fraction of sp³-hybridized carbons (Fsp3) is 0.136. The van der Waals surface area contributed by atoms with Gasteiger partial charge in [0.25, 0.3) is 0 Å². The fourth-order valence-corrected chi connectivity index (χ4v) is 3.78. The van der Waals surface area contributed by atoms with E-state index in [2.05, 4.69) is 15.6 Å². The molecule has 2 N–H and O–H groups in total. The van der Waals surface area contributed by atoms with Crippen molar-refractivity contribution in [3.8, 4) is 0 Å². The second kappa shape index (κ2) is 8.39. The van der Waals surface area contributed by atoms with Gasteiger partial charge in [-0.2, -0.15) is 0 Å². The van der Waals surface area contributed by atoms with Crippen LogP contribution in [0.3, 0.4) is 0 Å². The van der Waals surface area contributed by atoms with Crippen LogP contribution in [0.5, 0.6) is 0 Å². The summed E-state index contributed by atoms with van der Waals surface area (Å²) in [4.78, 5) is 4.51. The highest BCUT2D eigenvalue weighted by molar-refractivity contribution is 6.30. The number of hydrogen-bond donors (Lipinski definition) is 2. The molecule has 0 aliphatic carbocycles. The summed E-state index contributed by atoms with van der Waals surface area (Å²) >= 11 is 11.5. The summed E-state index contributed by atoms with van der Waals surface area (Å²) in [5.41, 5.74) is 2.60. The molecule has 7 heteroatoms. The van der Waals surface area contributed by atoms with E-state index in [9.17, 15) is 8.78 Å². The molecule has 0 radical (unpaired) electrons. The second-order valence-corrected chi connectivity index (χ2v) is 7.69. The van der Waals surface area contributed by atoms with Crippen LogP contribution in [0.2, 0.25) is 10.0 Å². The van der Waals surface area contributed by atoms with Gasteiger partial charge in [-0.05, 0) is 41.0 Å². The zero-order valence-corrected chi connectivity index (χ0v) is 16.8. The predicted octanol–water partition coefficient (Wildman–Crippen LogP) is 4.85. The number of aliphatic imine (C=N–C) groups is 1. The van der Waals surface area contributed by atoms with Crippen molar-refractivity contribution in [3.63, 3.8) is 0 Å². The van der Waals surface area contributed by atoms with E-state index < -0.39 is 11.6 Å². The smallest absolute Gasteiger partial charge is 0.225 e. The Labute approximate surface area is 177 Å². The van der Waals surface area contributed by atoms with Crippen molar-refractivity contribution in [2.75, 3.05) is 0 Å². The minimum atomic E-state index is -0.882. The average molecular weight is 433 g/mol. The lowest BCUT2D eigenvalue weighted by Crippen LogP contribution is -2.25. The zero-order valence-electron chi connectivity index (χ0n) is 15.2. The second-order valence-electron chi connectivity index (χ2n) is 6.78. The molecular formula is C22H18Cl2F2N3+. The molecule has 0 amide bonds. The third kappa shape index (κ3) is 4.52. The molecule has 0 saturated carbocycles. The maximum Gasteiger partial charge on any atom is 0.225 e. The molecule has 0 bridgehead atoms. The summed E-state index contributed by atoms with van der Waals surface area (Å²) in [5.74, 6) is -1.19. The van der Waals surface area contributed by atoms with Crippen LogP contribution in [0, 0.1) is 23.2 Å². The molecule has 0 aromatic heterocycles. The lowest BCUT2D eigenvalue weighted by molar-refractivity contribution is -0.289. The van der Waals surface area contributed by atoms with Gasteiger partial charge in [-0.15, -0.1) is 0 Å². The third-order valence-electron chi connectivity index (χ3n) is 4.75. The molecule has 1 fully saturated rings. The highest BCUT2D eigenvalue weighted by Crippen LogP contribution is 2.34. The van der Waals surface area contributed by atoms with Gasteiger partial charge in [0.2, 0.25) is 5.02 Å². The summed E-state index contributed by atoms with van der Waals surface area (Å²) in [6.45, 7) is 0.211. The minimum absolute atomic E-state index is 0.111. The molecule has 3 aromatic carbocycles. The molecule has 4 rings (SSSR count). The molecular weight excluding hydrogens is 415 g/mol. The van der Waals surface area contributed by atoms with E-state index in [-0.39, 0.29) is 18.6 Å². The van der Waals surface area contributed by atoms with E-state index in [0.717, 1.165) is 28.3 Å². The molecule has 1 aliphatic rings. The van der Waals surface area contributed by atoms with Crippen LogP contribution < -0.4 is 10.6 Å². The van der Waals surface area contributed by atoms with E-state index >= 15 is 0 Å². The van der Waals surface area contributed by atoms with Gasteiger partial charge in [0.15, 0.2) is 29.2 Å². The van der Waals surface area contributed by atoms with Gasteiger partial charge in [-0.3, -0.25) is 0 Å². The van der Waals surface area contributed by atoms with E-state index in [1.807, 2.05) is 48.5 Å². The number of nitrogens with one attached hydrogen (secondary N) is 2. The van der Waals surface area contributed by atoms with Crippen LogP contribution in [0.1, 0.15) is 28.8 Å². The summed E-state index contributed by atoms with van der Waals surface area (Å²) in [6, 6.07) is 18.9. The number of nitrogens with zero attached hydrogens (tertiary/aromatic N) is 1. The Hall–Kier alpha value is -2.63. The largest absolute Gasteiger partial charge is 0.347 e. The summed E-state index contributed by atoms with van der Waals surface area (Å²) < 4.78 is 26.6. The lowest BCUT2D eigenvalue weighted by Gasteiger charge is -2.19. The molecule has 0 unspecified atom stereocenters. The number of rotatable bonds is 4. The van der Waals surface area contributed by atoms with Gasteiger partial charge in [0.1, 0.15) is 0 Å². The van der Waals surface area contributed by atoms with Gasteiger partial charge < -0.3 is 10.6 Å². The van der Waals surface area contributed by atoms with Gasteiger partial charge in [0.05, 0.1) is 18.6 Å². The van der Waals surface area contributed by atoms with Gasteiger partial charge in [-0.25, -0.2) is 13.8 Å². The highest BCUT2D eigenvalue weighted by atomic mass is 35.5. The van der Waals surface area contributed by atoms with Crippen LogP contribution in [0.4, 0.5) is 8.78 Å². The molecule has 1 aliphatic heterocycles. The van der Waals surface area contributed by atoms with Gasteiger partial charge in [-0.1, -0.05) is 41.9 Å². The van der Waals surface area contributed by atoms with E-state index in [1.54, 1.807) is 0 Å². The monoisotopic (exact) mass is 432 g/mol. The maximum atomic E-state index is 13.4. The van der Waals surface area contributed by atoms with E-state index in [4.69, 9.17) is 23.2 Å². The first-order valence-corrected chi connectivity index (χ1v) is 9.82. The Kier molecular flexibility index (Phi) is 5.69. The van der Waals surface area contributed by atoms with Crippen molar-refractivity contribution < 1.29 is 20.4 Å². The quantitative estimate of drug-likeness (QED) is 0.618. The van der Waals surface area contributed by atoms with E-state index in [0.29, 0.717) is 16.5 Å². The standard InChI is InChI=1S/C22H18Cl2F2N3/c23-16-5-1-3-14(10-16)20-21(15-4-2-6-17(24)11-15)29-22(28-20)27-12-13-7-8-18(25)19(26)9-13/h1-11,20-21,23H,12H2,(H2,27,28,29)/q+1/t20-,21+/m1/s1. The fourth-order valence-electron chi connectivity index (χ4n) is 3.36. The molecule has 2 atom stereocenters. The first-order chi connectivity index (χ1) is 14.0. The Morgan fingerprint density at radius 1 is 0.862 bits per heavy atom. The normalized spacial score (nSPS) is 19.8. The Morgan fingerprint density at radius 3 is 2.21 bits per heavy atom. The molecule has 0 spiro atoms. The number of hydrogen-bond acceptors (Lipinski definition) is 1. The molecule has 29 heavy (non-hydrogen) atoms. The van der Waals surface area contributed by atoms with Crippen LogP contribution in [0.25, 0.3) is 0 Å². The molecule has 1 saturated heterocycles. The molecule has 3 nitrogen and oxygen atoms in total. The first kappa shape index (κ1) is 19.7. The van der Waals surface area contributed by atoms with Crippen LogP contribution >= 0.6 is 11.6 Å². The molecule has 3 aromatic rings.